The number of hydrogen-bond donors (Lipinski definition) is 1. The highest BCUT2D eigenvalue weighted by Gasteiger charge is 2.39. The number of carbonyl (C=O) groups is 1. The quantitative estimate of drug-likeness (QED) is 0.534. The number of amides is 1. The van der Waals surface area contributed by atoms with Crippen LogP contribution in [0.5, 0.6) is 0 Å². The van der Waals surface area contributed by atoms with E-state index in [0.29, 0.717) is 18.5 Å². The van der Waals surface area contributed by atoms with Crippen molar-refractivity contribution < 1.29 is 39.9 Å². The van der Waals surface area contributed by atoms with Crippen LogP contribution >= 0.6 is 0 Å². The van der Waals surface area contributed by atoms with Crippen LogP contribution in [0.3, 0.4) is 0 Å². The van der Waals surface area contributed by atoms with Gasteiger partial charge in [0.25, 0.3) is 0 Å². The lowest BCUT2D eigenvalue weighted by Crippen LogP contribution is -2.45. The summed E-state index contributed by atoms with van der Waals surface area (Å²) in [4.78, 5) is 18.3. The van der Waals surface area contributed by atoms with Gasteiger partial charge in [-0.05, 0) is 56.0 Å². The Bertz CT molecular complexity index is 1220. The molecule has 3 heterocycles. The minimum absolute atomic E-state index is 0.0629. The Kier molecular flexibility index (Phi) is 7.99. The summed E-state index contributed by atoms with van der Waals surface area (Å²) < 4.78 is 96.1. The van der Waals surface area contributed by atoms with E-state index in [1.54, 1.807) is 4.90 Å². The fourth-order valence-corrected chi connectivity index (χ4v) is 6.20. The van der Waals surface area contributed by atoms with Crippen molar-refractivity contribution in [2.45, 2.75) is 55.6 Å². The molecule has 0 unspecified atom stereocenters. The van der Waals surface area contributed by atoms with E-state index in [4.69, 9.17) is 0 Å². The fourth-order valence-electron chi connectivity index (χ4n) is 4.54. The van der Waals surface area contributed by atoms with Crippen LogP contribution in [-0.2, 0) is 26.1 Å². The van der Waals surface area contributed by atoms with E-state index in [1.807, 2.05) is 0 Å². The Labute approximate surface area is 210 Å². The van der Waals surface area contributed by atoms with E-state index in [2.05, 4.69) is 15.0 Å². The number of hydrogen-bond acceptors (Lipinski definition) is 6. The number of benzene rings is 1. The molecule has 1 atom stereocenters. The van der Waals surface area contributed by atoms with Gasteiger partial charge in [0.1, 0.15) is 11.9 Å². The van der Waals surface area contributed by atoms with Crippen LogP contribution in [0.1, 0.15) is 31.4 Å². The van der Waals surface area contributed by atoms with Crippen molar-refractivity contribution in [3.63, 3.8) is 0 Å². The molecule has 14 heteroatoms. The van der Waals surface area contributed by atoms with Gasteiger partial charge < -0.3 is 10.2 Å². The zero-order valence-electron chi connectivity index (χ0n) is 19.5. The standard InChI is InChI=1S/C23H25F5N4O4S/c24-15-3-5-18(6-4-15)37(34,35)32-9-1-2-20(32)22(33)30-13-16-12-21(19(25)14-29-16)31-10-7-17(8-11-31)36-23(26,27)28/h3-6,12,14,17,20H,1-2,7-11,13H2,(H,30,33)/t20-/m0/s1. The molecule has 0 bridgehead atoms. The minimum Gasteiger partial charge on any atom is -0.369 e. The zero-order chi connectivity index (χ0) is 26.8. The number of nitrogens with one attached hydrogen (secondary N) is 1. The number of rotatable bonds is 7. The molecule has 0 spiro atoms. The molecule has 37 heavy (non-hydrogen) atoms. The van der Waals surface area contributed by atoms with Crippen LogP contribution in [0, 0.1) is 11.6 Å². The van der Waals surface area contributed by atoms with E-state index in [1.165, 1.54) is 6.07 Å². The third-order valence-electron chi connectivity index (χ3n) is 6.35. The van der Waals surface area contributed by atoms with Crippen molar-refractivity contribution in [2.24, 2.45) is 0 Å². The molecule has 0 radical (unpaired) electrons. The maximum Gasteiger partial charge on any atom is 0.522 e. The summed E-state index contributed by atoms with van der Waals surface area (Å²) in [7, 11) is -4.02. The van der Waals surface area contributed by atoms with E-state index < -0.39 is 46.1 Å². The molecule has 8 nitrogen and oxygen atoms in total. The van der Waals surface area contributed by atoms with Crippen molar-refractivity contribution in [1.29, 1.82) is 0 Å². The molecule has 4 rings (SSSR count). The van der Waals surface area contributed by atoms with Crippen LogP contribution in [-0.4, -0.2) is 61.8 Å². The molecule has 1 aromatic carbocycles. The lowest BCUT2D eigenvalue weighted by molar-refractivity contribution is -0.344. The molecule has 2 aromatic rings. The molecule has 2 aliphatic rings. The lowest BCUT2D eigenvalue weighted by Gasteiger charge is -2.34. The number of piperidine rings is 1. The van der Waals surface area contributed by atoms with Crippen LogP contribution in [0.2, 0.25) is 0 Å². The highest BCUT2D eigenvalue weighted by atomic mass is 32.2. The number of aromatic nitrogens is 1. The zero-order valence-corrected chi connectivity index (χ0v) is 20.4. The second-order valence-corrected chi connectivity index (χ2v) is 10.7. The predicted octanol–water partition coefficient (Wildman–Crippen LogP) is 3.33. The van der Waals surface area contributed by atoms with Gasteiger partial charge in [0.05, 0.1) is 35.1 Å². The van der Waals surface area contributed by atoms with Gasteiger partial charge >= 0.3 is 6.36 Å². The summed E-state index contributed by atoms with van der Waals surface area (Å²) in [5, 5.41) is 2.63. The van der Waals surface area contributed by atoms with Gasteiger partial charge in [-0.3, -0.25) is 14.5 Å². The number of sulfonamides is 1. The Morgan fingerprint density at radius 2 is 1.76 bits per heavy atom. The molecule has 2 fully saturated rings. The van der Waals surface area contributed by atoms with E-state index in [-0.39, 0.29) is 49.6 Å². The number of anilines is 1. The maximum absolute atomic E-state index is 14.4. The second-order valence-electron chi connectivity index (χ2n) is 8.82. The first kappa shape index (κ1) is 27.2. The Balaban J connectivity index is 1.38. The molecule has 1 N–H and O–H groups in total. The van der Waals surface area contributed by atoms with Crippen LogP contribution < -0.4 is 10.2 Å². The summed E-state index contributed by atoms with van der Waals surface area (Å²) in [5.41, 5.74) is 0.440. The van der Waals surface area contributed by atoms with Crippen molar-refractivity contribution in [3.05, 3.63) is 53.9 Å². The fraction of sp³-hybridized carbons (Fsp3) is 0.478. The largest absolute Gasteiger partial charge is 0.522 e. The summed E-state index contributed by atoms with van der Waals surface area (Å²) in [6.07, 6.45) is -3.88. The number of alkyl halides is 3. The number of nitrogens with zero attached hydrogens (tertiary/aromatic N) is 3. The molecule has 202 valence electrons. The average molecular weight is 549 g/mol. The predicted molar refractivity (Wildman–Crippen MR) is 122 cm³/mol. The van der Waals surface area contributed by atoms with Crippen LogP contribution in [0.25, 0.3) is 0 Å². The van der Waals surface area contributed by atoms with Gasteiger partial charge in [-0.1, -0.05) is 0 Å². The van der Waals surface area contributed by atoms with Crippen LogP contribution in [0.4, 0.5) is 27.6 Å². The van der Waals surface area contributed by atoms with Gasteiger partial charge in [-0.25, -0.2) is 17.2 Å². The summed E-state index contributed by atoms with van der Waals surface area (Å²) in [6, 6.07) is 4.77. The second kappa shape index (κ2) is 10.9. The first-order valence-electron chi connectivity index (χ1n) is 11.6. The van der Waals surface area contributed by atoms with Crippen LogP contribution in [0.15, 0.2) is 41.4 Å². The van der Waals surface area contributed by atoms with Gasteiger partial charge in [0.15, 0.2) is 5.82 Å². The number of ether oxygens (including phenoxy) is 1. The van der Waals surface area contributed by atoms with Crippen molar-refractivity contribution >= 4 is 21.6 Å². The van der Waals surface area contributed by atoms with Gasteiger partial charge in [-0.15, -0.1) is 13.2 Å². The molecular weight excluding hydrogens is 523 g/mol. The summed E-state index contributed by atoms with van der Waals surface area (Å²) >= 11 is 0. The Morgan fingerprint density at radius 3 is 2.41 bits per heavy atom. The molecule has 0 saturated carbocycles. The SMILES string of the molecule is O=C(NCc1cc(N2CCC(OC(F)(F)F)CC2)c(F)cn1)[C@@H]1CCCN1S(=O)(=O)c1ccc(F)cc1. The van der Waals surface area contributed by atoms with E-state index in [9.17, 15) is 35.2 Å². The van der Waals surface area contributed by atoms with Crippen molar-refractivity contribution in [2.75, 3.05) is 24.5 Å². The Hall–Kier alpha value is -2.84. The molecule has 2 aliphatic heterocycles. The topological polar surface area (TPSA) is 91.8 Å². The third-order valence-corrected chi connectivity index (χ3v) is 8.27. The third kappa shape index (κ3) is 6.54. The van der Waals surface area contributed by atoms with Crippen molar-refractivity contribution in [1.82, 2.24) is 14.6 Å². The Morgan fingerprint density at radius 1 is 1.08 bits per heavy atom. The number of halogens is 5. The highest BCUT2D eigenvalue weighted by molar-refractivity contribution is 7.89. The molecule has 1 amide bonds. The number of carbonyl (C=O) groups excluding carboxylic acids is 1. The lowest BCUT2D eigenvalue weighted by atomic mass is 10.1. The highest BCUT2D eigenvalue weighted by Crippen LogP contribution is 2.29. The summed E-state index contributed by atoms with van der Waals surface area (Å²) in [5.74, 6) is -1.79. The van der Waals surface area contributed by atoms with Gasteiger partial charge in [0.2, 0.25) is 15.9 Å². The van der Waals surface area contributed by atoms with Gasteiger partial charge in [0, 0.05) is 19.6 Å². The molecule has 0 aliphatic carbocycles. The van der Waals surface area contributed by atoms with Gasteiger partial charge in [-0.2, -0.15) is 4.31 Å². The molecule has 1 aromatic heterocycles. The van der Waals surface area contributed by atoms with E-state index in [0.717, 1.165) is 34.8 Å². The molecular formula is C23H25F5N4O4S. The smallest absolute Gasteiger partial charge is 0.369 e. The monoisotopic (exact) mass is 548 g/mol. The van der Waals surface area contributed by atoms with E-state index >= 15 is 0 Å². The average Bonchev–Trinajstić information content (AvgIpc) is 3.34. The first-order valence-corrected chi connectivity index (χ1v) is 13.1. The first-order chi connectivity index (χ1) is 17.4. The maximum atomic E-state index is 14.4. The minimum atomic E-state index is -4.73. The normalized spacial score (nSPS) is 19.8. The van der Waals surface area contributed by atoms with Crippen molar-refractivity contribution in [3.8, 4) is 0 Å². The number of pyridine rings is 1. The summed E-state index contributed by atoms with van der Waals surface area (Å²) in [6.45, 7) is 0.308. The molecule has 2 saturated heterocycles.